The quantitative estimate of drug-likeness (QED) is 0.325. The number of aliphatic hydroxyl groups is 1. The Bertz CT molecular complexity index is 1050. The molecule has 0 bridgehead atoms. The van der Waals surface area contributed by atoms with E-state index in [1.165, 1.54) is 6.07 Å². The van der Waals surface area contributed by atoms with Gasteiger partial charge in [-0.2, -0.15) is 0 Å². The minimum absolute atomic E-state index is 0.0756. The number of ether oxygens (including phenoxy) is 1. The summed E-state index contributed by atoms with van der Waals surface area (Å²) in [6.45, 7) is 6.49. The molecule has 0 saturated carbocycles. The molecule has 2 atom stereocenters. The predicted molar refractivity (Wildman–Crippen MR) is 128 cm³/mol. The molecule has 164 valence electrons. The molecule has 1 aromatic heterocycles. The molecule has 1 aliphatic heterocycles. The van der Waals surface area contributed by atoms with Crippen LogP contribution in [0.4, 0.5) is 4.39 Å². The van der Waals surface area contributed by atoms with E-state index >= 15 is 0 Å². The summed E-state index contributed by atoms with van der Waals surface area (Å²) in [7, 11) is 0. The van der Waals surface area contributed by atoms with E-state index in [0.29, 0.717) is 3.57 Å². The van der Waals surface area contributed by atoms with Crippen molar-refractivity contribution in [3.05, 3.63) is 63.9 Å². The minimum Gasteiger partial charge on any atom is -0.356 e. The van der Waals surface area contributed by atoms with Gasteiger partial charge < -0.3 is 14.8 Å². The van der Waals surface area contributed by atoms with Gasteiger partial charge in [-0.3, -0.25) is 0 Å². The second-order valence-corrected chi connectivity index (χ2v) is 9.90. The van der Waals surface area contributed by atoms with Crippen LogP contribution in [0.2, 0.25) is 0 Å². The maximum Gasteiger partial charge on any atom is 0.217 e. The molecule has 1 fully saturated rings. The van der Waals surface area contributed by atoms with Gasteiger partial charge in [0.2, 0.25) is 6.41 Å². The van der Waals surface area contributed by atoms with Crippen molar-refractivity contribution in [2.75, 3.05) is 6.54 Å². The first-order valence-corrected chi connectivity index (χ1v) is 11.5. The zero-order valence-corrected chi connectivity index (χ0v) is 20.1. The number of aromatic amines is 1. The van der Waals surface area contributed by atoms with Crippen molar-refractivity contribution >= 4 is 22.6 Å². The number of halogens is 2. The fourth-order valence-corrected chi connectivity index (χ4v) is 4.58. The average molecular weight is 535 g/mol. The first-order valence-electron chi connectivity index (χ1n) is 10.4. The zero-order valence-electron chi connectivity index (χ0n) is 17.9. The van der Waals surface area contributed by atoms with E-state index in [-0.39, 0.29) is 11.9 Å². The third-order valence-electron chi connectivity index (χ3n) is 5.37. The van der Waals surface area contributed by atoms with E-state index in [1.54, 1.807) is 6.20 Å². The van der Waals surface area contributed by atoms with Gasteiger partial charge in [-0.05, 0) is 79.5 Å². The van der Waals surface area contributed by atoms with E-state index in [0.717, 1.165) is 47.6 Å². The van der Waals surface area contributed by atoms with Gasteiger partial charge in [-0.25, -0.2) is 14.3 Å². The molecule has 1 saturated heterocycles. The molecule has 3 aromatic rings. The summed E-state index contributed by atoms with van der Waals surface area (Å²) in [5.74, 6) is 0.494. The Balaban J connectivity index is 1.63. The smallest absolute Gasteiger partial charge is 0.217 e. The van der Waals surface area contributed by atoms with Gasteiger partial charge in [-0.15, -0.1) is 0 Å². The number of hydrogen-bond acceptors (Lipinski definition) is 4. The normalized spacial score (nSPS) is 18.5. The molecule has 31 heavy (non-hydrogen) atoms. The molecule has 1 unspecified atom stereocenters. The van der Waals surface area contributed by atoms with Crippen LogP contribution in [0, 0.1) is 9.39 Å². The van der Waals surface area contributed by atoms with Crippen molar-refractivity contribution in [2.45, 2.75) is 51.7 Å². The van der Waals surface area contributed by atoms with Gasteiger partial charge in [0, 0.05) is 12.1 Å². The molecule has 0 aliphatic carbocycles. The van der Waals surface area contributed by atoms with Gasteiger partial charge in [0.05, 0.1) is 27.1 Å². The minimum atomic E-state index is -0.999. The number of nitrogens with zero attached hydrogens (tertiary/aromatic N) is 2. The van der Waals surface area contributed by atoms with Crippen molar-refractivity contribution in [2.24, 2.45) is 0 Å². The van der Waals surface area contributed by atoms with Crippen molar-refractivity contribution in [1.29, 1.82) is 0 Å². The largest absolute Gasteiger partial charge is 0.356 e. The lowest BCUT2D eigenvalue weighted by atomic mass is 10.0. The number of aliphatic hydroxyl groups excluding tert-OH is 1. The number of nitrogens with one attached hydrogen (secondary N) is 1. The summed E-state index contributed by atoms with van der Waals surface area (Å²) in [5, 5.41) is 10.6. The van der Waals surface area contributed by atoms with Crippen molar-refractivity contribution < 1.29 is 14.2 Å². The van der Waals surface area contributed by atoms with Gasteiger partial charge in [0.15, 0.2) is 0 Å². The fraction of sp³-hybridized carbons (Fsp3) is 0.375. The molecular formula is C24H27FIN3O2. The third kappa shape index (κ3) is 5.00. The fourth-order valence-electron chi connectivity index (χ4n) is 3.96. The Labute approximate surface area is 195 Å². The standard InChI is InChI=1S/C24H27FIN3O2/c1-24(2,3)31-23(30)29-11-7-10-20(29)22-27-14-19(28-22)16-12-17(21(26)18(25)13-16)15-8-5-4-6-9-15/h4-6,8-9,12-14,20,23,30H,7,10-11H2,1-3H3,(H,27,28)/t20-,23?/m0/s1. The molecule has 7 heteroatoms. The highest BCUT2D eigenvalue weighted by atomic mass is 127. The average Bonchev–Trinajstić information content (AvgIpc) is 3.38. The second-order valence-electron chi connectivity index (χ2n) is 8.82. The van der Waals surface area contributed by atoms with E-state index in [2.05, 4.69) is 32.6 Å². The molecule has 4 rings (SSSR count). The summed E-state index contributed by atoms with van der Waals surface area (Å²) in [6.07, 6.45) is 2.55. The number of imidazole rings is 1. The lowest BCUT2D eigenvalue weighted by molar-refractivity contribution is -0.243. The molecule has 2 N–H and O–H groups in total. The number of likely N-dealkylation sites (tertiary alicyclic amines) is 1. The Hall–Kier alpha value is -1.81. The van der Waals surface area contributed by atoms with Crippen LogP contribution in [0.3, 0.4) is 0 Å². The van der Waals surface area contributed by atoms with Crippen molar-refractivity contribution in [3.8, 4) is 22.4 Å². The van der Waals surface area contributed by atoms with E-state index in [4.69, 9.17) is 4.74 Å². The maximum atomic E-state index is 14.7. The van der Waals surface area contributed by atoms with Crippen LogP contribution in [0.15, 0.2) is 48.7 Å². The first kappa shape index (κ1) is 22.4. The molecule has 2 aromatic carbocycles. The number of hydrogen-bond donors (Lipinski definition) is 2. The first-order chi connectivity index (χ1) is 14.7. The van der Waals surface area contributed by atoms with Crippen molar-refractivity contribution in [3.63, 3.8) is 0 Å². The van der Waals surface area contributed by atoms with E-state index < -0.39 is 12.0 Å². The highest BCUT2D eigenvalue weighted by Gasteiger charge is 2.35. The third-order valence-corrected chi connectivity index (χ3v) is 6.47. The molecule has 0 amide bonds. The topological polar surface area (TPSA) is 61.4 Å². The molecule has 0 spiro atoms. The lowest BCUT2D eigenvalue weighted by Crippen LogP contribution is -2.41. The highest BCUT2D eigenvalue weighted by molar-refractivity contribution is 14.1. The number of H-pyrrole nitrogens is 1. The molecule has 5 nitrogen and oxygen atoms in total. The summed E-state index contributed by atoms with van der Waals surface area (Å²) < 4.78 is 21.1. The number of aromatic nitrogens is 2. The second kappa shape index (κ2) is 8.97. The van der Waals surface area contributed by atoms with Gasteiger partial charge in [-0.1, -0.05) is 30.3 Å². The van der Waals surface area contributed by atoms with Crippen LogP contribution >= 0.6 is 22.6 Å². The van der Waals surface area contributed by atoms with E-state index in [1.807, 2.05) is 62.1 Å². The van der Waals surface area contributed by atoms with Gasteiger partial charge in [0.25, 0.3) is 0 Å². The Morgan fingerprint density at radius 2 is 1.97 bits per heavy atom. The Morgan fingerprint density at radius 3 is 2.68 bits per heavy atom. The van der Waals surface area contributed by atoms with Gasteiger partial charge >= 0.3 is 0 Å². The Kier molecular flexibility index (Phi) is 6.48. The Morgan fingerprint density at radius 1 is 1.23 bits per heavy atom. The zero-order chi connectivity index (χ0) is 22.2. The van der Waals surface area contributed by atoms with Crippen molar-refractivity contribution in [1.82, 2.24) is 14.9 Å². The number of rotatable bonds is 5. The highest BCUT2D eigenvalue weighted by Crippen LogP contribution is 2.35. The van der Waals surface area contributed by atoms with Crippen LogP contribution in [0.5, 0.6) is 0 Å². The maximum absolute atomic E-state index is 14.7. The van der Waals surface area contributed by atoms with Crippen LogP contribution in [0.1, 0.15) is 45.5 Å². The van der Waals surface area contributed by atoms with Crippen LogP contribution in [-0.4, -0.2) is 38.5 Å². The number of benzene rings is 2. The SMILES string of the molecule is CC(C)(C)OC(O)N1CCC[C@H]1c1ncc(-c2cc(F)c(I)c(-c3ccccc3)c2)[nH]1. The molecule has 2 heterocycles. The summed E-state index contributed by atoms with van der Waals surface area (Å²) in [6, 6.07) is 13.2. The van der Waals surface area contributed by atoms with Crippen LogP contribution in [-0.2, 0) is 4.74 Å². The predicted octanol–water partition coefficient (Wildman–Crippen LogP) is 5.72. The summed E-state index contributed by atoms with van der Waals surface area (Å²) in [4.78, 5) is 9.84. The summed E-state index contributed by atoms with van der Waals surface area (Å²) in [5.41, 5.74) is 2.86. The summed E-state index contributed by atoms with van der Waals surface area (Å²) >= 11 is 2.05. The van der Waals surface area contributed by atoms with Crippen LogP contribution in [0.25, 0.3) is 22.4 Å². The molecule has 1 aliphatic rings. The monoisotopic (exact) mass is 535 g/mol. The molecule has 0 radical (unpaired) electrons. The van der Waals surface area contributed by atoms with Crippen LogP contribution < -0.4 is 0 Å². The van der Waals surface area contributed by atoms with Gasteiger partial charge in [0.1, 0.15) is 11.6 Å². The van der Waals surface area contributed by atoms with E-state index in [9.17, 15) is 9.50 Å². The lowest BCUT2D eigenvalue weighted by Gasteiger charge is -2.32. The molecular weight excluding hydrogens is 508 g/mol.